The lowest BCUT2D eigenvalue weighted by atomic mass is 10.0. The molecule has 0 spiro atoms. The van der Waals surface area contributed by atoms with E-state index in [-0.39, 0.29) is 17.1 Å². The maximum Gasteiger partial charge on any atom is 0.228 e. The first-order chi connectivity index (χ1) is 19.6. The van der Waals surface area contributed by atoms with Crippen LogP contribution in [0.5, 0.6) is 0 Å². The van der Waals surface area contributed by atoms with Gasteiger partial charge in [-0.2, -0.15) is 4.98 Å². The SMILES string of the molecule is O=C1C(=Cc2cc3oc(-c4ccccc4)nc3n2-c2ccc3ccccc3c2)C(=O)c2cc3ccccc3cc21. The Labute approximate surface area is 228 Å². The smallest absolute Gasteiger partial charge is 0.228 e. The molecule has 0 radical (unpaired) electrons. The standard InChI is InChI=1S/C35H20N2O3/c38-32-28-17-24-12-6-7-13-25(24)18-29(28)33(39)30(32)19-27-20-31-34(36-35(40-31)22-9-2-1-3-10-22)37(27)26-15-14-21-8-4-5-11-23(21)16-26/h1-20H. The maximum atomic E-state index is 13.5. The Bertz CT molecular complexity index is 2140. The van der Waals surface area contributed by atoms with E-state index in [9.17, 15) is 9.59 Å². The van der Waals surface area contributed by atoms with E-state index in [2.05, 4.69) is 24.3 Å². The molecular formula is C35H20N2O3. The number of nitrogens with zero attached hydrogens (tertiary/aromatic N) is 2. The lowest BCUT2D eigenvalue weighted by Crippen LogP contribution is -2.03. The van der Waals surface area contributed by atoms with Crippen molar-refractivity contribution in [1.29, 1.82) is 0 Å². The fourth-order valence-electron chi connectivity index (χ4n) is 5.59. The first-order valence-corrected chi connectivity index (χ1v) is 13.0. The summed E-state index contributed by atoms with van der Waals surface area (Å²) >= 11 is 0. The van der Waals surface area contributed by atoms with Gasteiger partial charge in [-0.15, -0.1) is 0 Å². The van der Waals surface area contributed by atoms with Gasteiger partial charge in [0.2, 0.25) is 5.89 Å². The summed E-state index contributed by atoms with van der Waals surface area (Å²) in [7, 11) is 0. The number of allylic oxidation sites excluding steroid dienone is 1. The zero-order valence-corrected chi connectivity index (χ0v) is 21.2. The third-order valence-electron chi connectivity index (χ3n) is 7.55. The molecule has 188 valence electrons. The van der Waals surface area contributed by atoms with Crippen molar-refractivity contribution in [3.05, 3.63) is 138 Å². The maximum absolute atomic E-state index is 13.5. The van der Waals surface area contributed by atoms with Crippen LogP contribution in [0.1, 0.15) is 26.4 Å². The van der Waals surface area contributed by atoms with Gasteiger partial charge in [0.25, 0.3) is 0 Å². The number of oxazole rings is 1. The number of carbonyl (C=O) groups is 2. The van der Waals surface area contributed by atoms with Gasteiger partial charge in [0.15, 0.2) is 22.8 Å². The average molecular weight is 517 g/mol. The molecule has 7 aromatic rings. The largest absolute Gasteiger partial charge is 0.434 e. The Morgan fingerprint density at radius 1 is 0.625 bits per heavy atom. The molecule has 0 amide bonds. The Morgan fingerprint density at radius 2 is 1.23 bits per heavy atom. The van der Waals surface area contributed by atoms with E-state index < -0.39 is 0 Å². The number of hydrogen-bond acceptors (Lipinski definition) is 4. The minimum atomic E-state index is -0.272. The molecule has 2 heterocycles. The van der Waals surface area contributed by atoms with Gasteiger partial charge in [0.05, 0.1) is 11.3 Å². The number of rotatable bonds is 3. The molecule has 0 bridgehead atoms. The summed E-state index contributed by atoms with van der Waals surface area (Å²) < 4.78 is 8.13. The molecule has 0 saturated heterocycles. The minimum absolute atomic E-state index is 0.135. The average Bonchev–Trinajstić information content (AvgIpc) is 3.62. The monoisotopic (exact) mass is 516 g/mol. The molecule has 2 aromatic heterocycles. The van der Waals surface area contributed by atoms with Gasteiger partial charge in [0.1, 0.15) is 0 Å². The number of carbonyl (C=O) groups excluding carboxylic acids is 2. The summed E-state index contributed by atoms with van der Waals surface area (Å²) in [5, 5.41) is 4.04. The Morgan fingerprint density at radius 3 is 1.90 bits per heavy atom. The van der Waals surface area contributed by atoms with Crippen molar-refractivity contribution in [2.45, 2.75) is 0 Å². The minimum Gasteiger partial charge on any atom is -0.434 e. The molecule has 8 rings (SSSR count). The molecule has 40 heavy (non-hydrogen) atoms. The highest BCUT2D eigenvalue weighted by atomic mass is 16.3. The molecule has 0 fully saturated rings. The molecule has 0 atom stereocenters. The van der Waals surface area contributed by atoms with Gasteiger partial charge in [-0.1, -0.05) is 72.8 Å². The van der Waals surface area contributed by atoms with Gasteiger partial charge >= 0.3 is 0 Å². The van der Waals surface area contributed by atoms with E-state index in [1.807, 2.05) is 95.6 Å². The molecule has 5 heteroatoms. The van der Waals surface area contributed by atoms with Crippen LogP contribution in [0.4, 0.5) is 0 Å². The summed E-state index contributed by atoms with van der Waals surface area (Å²) in [6.07, 6.45) is 1.67. The molecule has 0 N–H and O–H groups in total. The van der Waals surface area contributed by atoms with Crippen LogP contribution < -0.4 is 0 Å². The highest BCUT2D eigenvalue weighted by molar-refractivity contribution is 6.42. The summed E-state index contributed by atoms with van der Waals surface area (Å²) in [6.45, 7) is 0. The highest BCUT2D eigenvalue weighted by Crippen LogP contribution is 2.35. The van der Waals surface area contributed by atoms with Crippen LogP contribution in [0.15, 0.2) is 125 Å². The number of aromatic nitrogens is 2. The Balaban J connectivity index is 1.33. The number of Topliss-reactive ketones (excluding diaryl/α,β-unsaturated/α-hetero) is 2. The van der Waals surface area contributed by atoms with E-state index in [0.29, 0.717) is 33.9 Å². The van der Waals surface area contributed by atoms with E-state index in [1.54, 1.807) is 6.08 Å². The zero-order valence-electron chi connectivity index (χ0n) is 21.2. The molecule has 0 unspecified atom stereocenters. The van der Waals surface area contributed by atoms with E-state index in [0.717, 1.165) is 32.8 Å². The van der Waals surface area contributed by atoms with Crippen LogP contribution in [0.3, 0.4) is 0 Å². The van der Waals surface area contributed by atoms with Crippen molar-refractivity contribution in [2.24, 2.45) is 0 Å². The van der Waals surface area contributed by atoms with Gasteiger partial charge < -0.3 is 4.42 Å². The van der Waals surface area contributed by atoms with E-state index >= 15 is 0 Å². The van der Waals surface area contributed by atoms with E-state index in [4.69, 9.17) is 9.40 Å². The van der Waals surface area contributed by atoms with Crippen molar-refractivity contribution >= 4 is 50.4 Å². The van der Waals surface area contributed by atoms with Crippen LogP contribution >= 0.6 is 0 Å². The second kappa shape index (κ2) is 8.48. The summed E-state index contributed by atoms with van der Waals surface area (Å²) in [4.78, 5) is 31.9. The quantitative estimate of drug-likeness (QED) is 0.176. The molecule has 5 aromatic carbocycles. The van der Waals surface area contributed by atoms with Crippen LogP contribution in [0.25, 0.3) is 56.0 Å². The predicted octanol–water partition coefficient (Wildman–Crippen LogP) is 8.05. The van der Waals surface area contributed by atoms with Gasteiger partial charge in [-0.25, -0.2) is 0 Å². The van der Waals surface area contributed by atoms with Crippen molar-refractivity contribution in [3.63, 3.8) is 0 Å². The van der Waals surface area contributed by atoms with Gasteiger partial charge in [-0.05, 0) is 64.0 Å². The van der Waals surface area contributed by atoms with Gasteiger partial charge in [0, 0.05) is 28.4 Å². The Hall–Kier alpha value is -5.55. The van der Waals surface area contributed by atoms with Crippen LogP contribution in [0, 0.1) is 0 Å². The third kappa shape index (κ3) is 3.38. The molecule has 0 saturated carbocycles. The number of benzene rings is 5. The molecule has 5 nitrogen and oxygen atoms in total. The molecule has 0 aliphatic heterocycles. The third-order valence-corrected chi connectivity index (χ3v) is 7.55. The molecule has 1 aliphatic carbocycles. The second-order valence-electron chi connectivity index (χ2n) is 9.97. The number of fused-ring (bicyclic) bond motifs is 4. The first kappa shape index (κ1) is 22.4. The van der Waals surface area contributed by atoms with Crippen molar-refractivity contribution in [3.8, 4) is 17.1 Å². The second-order valence-corrected chi connectivity index (χ2v) is 9.97. The molecular weight excluding hydrogens is 496 g/mol. The van der Waals surface area contributed by atoms with Crippen molar-refractivity contribution < 1.29 is 14.0 Å². The topological polar surface area (TPSA) is 65.1 Å². The number of ketones is 2. The summed E-state index contributed by atoms with van der Waals surface area (Å²) in [6, 6.07) is 37.2. The fraction of sp³-hybridized carbons (Fsp3) is 0. The zero-order chi connectivity index (χ0) is 26.8. The van der Waals surface area contributed by atoms with Crippen molar-refractivity contribution in [1.82, 2.24) is 9.55 Å². The summed E-state index contributed by atoms with van der Waals surface area (Å²) in [5.74, 6) is -0.0374. The van der Waals surface area contributed by atoms with Crippen molar-refractivity contribution in [2.75, 3.05) is 0 Å². The van der Waals surface area contributed by atoms with Crippen LogP contribution in [0.2, 0.25) is 0 Å². The van der Waals surface area contributed by atoms with Gasteiger partial charge in [-0.3, -0.25) is 14.2 Å². The summed E-state index contributed by atoms with van der Waals surface area (Å²) in [5.41, 5.74) is 4.56. The lowest BCUT2D eigenvalue weighted by molar-refractivity contribution is 0.0990. The first-order valence-electron chi connectivity index (χ1n) is 13.0. The van der Waals surface area contributed by atoms with Crippen LogP contribution in [-0.2, 0) is 0 Å². The number of hydrogen-bond donors (Lipinski definition) is 0. The normalized spacial score (nSPS) is 13.1. The lowest BCUT2D eigenvalue weighted by Gasteiger charge is -2.09. The Kier molecular flexibility index (Phi) is 4.76. The predicted molar refractivity (Wildman–Crippen MR) is 157 cm³/mol. The highest BCUT2D eigenvalue weighted by Gasteiger charge is 2.34. The van der Waals surface area contributed by atoms with Crippen LogP contribution in [-0.4, -0.2) is 21.1 Å². The van der Waals surface area contributed by atoms with E-state index in [1.165, 1.54) is 0 Å². The molecule has 1 aliphatic rings. The fourth-order valence-corrected chi connectivity index (χ4v) is 5.59.